The molecule has 0 aromatic carbocycles. The topological polar surface area (TPSA) is 0 Å². The van der Waals surface area contributed by atoms with Crippen molar-refractivity contribution in [2.24, 2.45) is 0 Å². The Bertz CT molecular complexity index is 612. The van der Waals surface area contributed by atoms with Crippen LogP contribution in [0, 0.1) is 0 Å². The smallest absolute Gasteiger partial charge is 0.113 e. The molecule has 0 spiro atoms. The zero-order valence-electron chi connectivity index (χ0n) is 25.7. The Balaban J connectivity index is 1.73. The minimum absolute atomic E-state index is 0.342. The molecular formula is C32H57Cl3S6. The molecule has 4 rings (SSSR count). The molecule has 9 heteroatoms. The lowest BCUT2D eigenvalue weighted by Crippen LogP contribution is -2.53. The summed E-state index contributed by atoms with van der Waals surface area (Å²) in [7, 11) is 0. The summed E-state index contributed by atoms with van der Waals surface area (Å²) in [5.74, 6) is 2.46. The Hall–Kier alpha value is 2.97. The van der Waals surface area contributed by atoms with Gasteiger partial charge in [0.25, 0.3) is 0 Å². The summed E-state index contributed by atoms with van der Waals surface area (Å²) in [5.41, 5.74) is 0. The molecule has 0 atom stereocenters. The molecule has 4 bridgehead atoms. The van der Waals surface area contributed by atoms with Crippen LogP contribution in [0.3, 0.4) is 0 Å². The van der Waals surface area contributed by atoms with E-state index in [0.717, 1.165) is 17.6 Å². The van der Waals surface area contributed by atoms with Crippen molar-refractivity contribution < 1.29 is 0 Å². The van der Waals surface area contributed by atoms with E-state index < -0.39 is 0 Å². The second-order valence-corrected chi connectivity index (χ2v) is 26.0. The first kappa shape index (κ1) is 38.4. The number of hydrogen-bond acceptors (Lipinski definition) is 6. The summed E-state index contributed by atoms with van der Waals surface area (Å²) in [4.78, 5) is 0. The second-order valence-electron chi connectivity index (χ2n) is 12.1. The first-order chi connectivity index (χ1) is 20.0. The van der Waals surface area contributed by atoms with Crippen molar-refractivity contribution >= 4 is 105 Å². The molecule has 0 aromatic heterocycles. The minimum atomic E-state index is 0.342. The van der Waals surface area contributed by atoms with E-state index in [2.05, 4.69) is 77.5 Å². The van der Waals surface area contributed by atoms with Gasteiger partial charge in [0, 0.05) is 17.6 Å². The van der Waals surface area contributed by atoms with E-state index in [1.54, 1.807) is 0 Å². The highest BCUT2D eigenvalue weighted by Crippen LogP contribution is 2.91. The summed E-state index contributed by atoms with van der Waals surface area (Å²) < 4.78 is 1.38. The first-order valence-electron chi connectivity index (χ1n) is 16.9. The van der Waals surface area contributed by atoms with E-state index >= 15 is 0 Å². The van der Waals surface area contributed by atoms with Crippen LogP contribution in [0.5, 0.6) is 0 Å². The predicted octanol–water partition coefficient (Wildman–Crippen LogP) is 15.1. The standard InChI is InChI=1S/C32H57Cl3S6/c1-2-3-4-8-15-22-29-36-30(23-16-9-5-12-19-26-33)39-31(37-29,24-17-10-6-13-20-27-34)41-32(38-29,40-30)25-18-11-7-14-21-28-35/h2-28H2,1H3. The molecule has 0 aromatic rings. The lowest BCUT2D eigenvalue weighted by molar-refractivity contribution is 0.594. The molecule has 4 saturated heterocycles. The van der Waals surface area contributed by atoms with Gasteiger partial charge in [0.1, 0.15) is 13.6 Å². The fourth-order valence-corrected chi connectivity index (χ4v) is 28.5. The minimum Gasteiger partial charge on any atom is -0.127 e. The number of thioether (sulfide) groups is 6. The Kier molecular flexibility index (Phi) is 19.7. The van der Waals surface area contributed by atoms with Crippen LogP contribution in [-0.4, -0.2) is 31.3 Å². The number of alkyl halides is 3. The van der Waals surface area contributed by atoms with Gasteiger partial charge < -0.3 is 0 Å². The molecule has 4 aliphatic heterocycles. The average Bonchev–Trinajstić information content (AvgIpc) is 2.93. The zero-order chi connectivity index (χ0) is 29.3. The van der Waals surface area contributed by atoms with Gasteiger partial charge in [-0.1, -0.05) is 116 Å². The molecule has 4 aliphatic rings. The molecule has 242 valence electrons. The number of hydrogen-bond donors (Lipinski definition) is 0. The predicted molar refractivity (Wildman–Crippen MR) is 205 cm³/mol. The molecule has 41 heavy (non-hydrogen) atoms. The van der Waals surface area contributed by atoms with Crippen LogP contribution in [0.1, 0.15) is 161 Å². The van der Waals surface area contributed by atoms with Crippen LogP contribution in [0.4, 0.5) is 0 Å². The highest BCUT2D eigenvalue weighted by atomic mass is 35.5. The summed E-state index contributed by atoms with van der Waals surface area (Å²) >= 11 is 32.4. The van der Waals surface area contributed by atoms with Crippen molar-refractivity contribution in [3.63, 3.8) is 0 Å². The summed E-state index contributed by atoms with van der Waals surface area (Å²) in [6.45, 7) is 2.34. The van der Waals surface area contributed by atoms with Crippen LogP contribution in [-0.2, 0) is 0 Å². The summed E-state index contributed by atoms with van der Waals surface area (Å²) in [6.07, 6.45) is 32.3. The van der Waals surface area contributed by atoms with Crippen molar-refractivity contribution in [1.82, 2.24) is 0 Å². The number of halogens is 3. The third-order valence-corrected chi connectivity index (χ3v) is 21.3. The molecule has 0 unspecified atom stereocenters. The normalized spacial score (nSPS) is 30.4. The van der Waals surface area contributed by atoms with Gasteiger partial charge in [0.2, 0.25) is 0 Å². The van der Waals surface area contributed by atoms with Gasteiger partial charge in [-0.25, -0.2) is 0 Å². The Morgan fingerprint density at radius 3 is 0.780 bits per heavy atom. The highest BCUT2D eigenvalue weighted by molar-refractivity contribution is 8.64. The molecule has 0 radical (unpaired) electrons. The Morgan fingerprint density at radius 2 is 0.537 bits per heavy atom. The molecule has 0 saturated carbocycles. The quantitative estimate of drug-likeness (QED) is 0.0603. The van der Waals surface area contributed by atoms with Gasteiger partial charge in [-0.2, -0.15) is 0 Å². The molecule has 0 amide bonds. The van der Waals surface area contributed by atoms with Crippen molar-refractivity contribution in [2.45, 2.75) is 175 Å². The fraction of sp³-hybridized carbons (Fsp3) is 1.00. The van der Waals surface area contributed by atoms with Crippen LogP contribution < -0.4 is 0 Å². The Labute approximate surface area is 295 Å². The van der Waals surface area contributed by atoms with E-state index in [9.17, 15) is 0 Å². The van der Waals surface area contributed by atoms with Gasteiger partial charge >= 0.3 is 0 Å². The molecule has 0 nitrogen and oxygen atoms in total. The van der Waals surface area contributed by atoms with Gasteiger partial charge in [-0.05, 0) is 44.9 Å². The van der Waals surface area contributed by atoms with Crippen molar-refractivity contribution in [3.8, 4) is 0 Å². The largest absolute Gasteiger partial charge is 0.127 e. The monoisotopic (exact) mass is 738 g/mol. The van der Waals surface area contributed by atoms with Gasteiger partial charge in [-0.3, -0.25) is 0 Å². The van der Waals surface area contributed by atoms with E-state index in [-0.39, 0.29) is 0 Å². The van der Waals surface area contributed by atoms with Gasteiger partial charge in [0.05, 0.1) is 0 Å². The first-order valence-corrected chi connectivity index (χ1v) is 23.4. The Morgan fingerprint density at radius 1 is 0.317 bits per heavy atom. The average molecular weight is 741 g/mol. The number of rotatable bonds is 27. The lowest BCUT2D eigenvalue weighted by Gasteiger charge is -2.67. The third kappa shape index (κ3) is 13.2. The van der Waals surface area contributed by atoms with Crippen LogP contribution in [0.25, 0.3) is 0 Å². The maximum Gasteiger partial charge on any atom is 0.113 e. The zero-order valence-corrected chi connectivity index (χ0v) is 32.8. The summed E-state index contributed by atoms with van der Waals surface area (Å²) in [6, 6.07) is 0. The van der Waals surface area contributed by atoms with Crippen LogP contribution in [0.15, 0.2) is 0 Å². The molecule has 4 heterocycles. The van der Waals surface area contributed by atoms with Crippen molar-refractivity contribution in [1.29, 1.82) is 0 Å². The van der Waals surface area contributed by atoms with Gasteiger partial charge in [-0.15, -0.1) is 105 Å². The molecule has 4 fully saturated rings. The number of unbranched alkanes of at least 4 members (excludes halogenated alkanes) is 16. The fourth-order valence-electron chi connectivity index (χ4n) is 6.13. The van der Waals surface area contributed by atoms with Crippen molar-refractivity contribution in [3.05, 3.63) is 0 Å². The van der Waals surface area contributed by atoms with Crippen LogP contribution >= 0.6 is 105 Å². The molecular weight excluding hydrogens is 683 g/mol. The maximum atomic E-state index is 5.97. The van der Waals surface area contributed by atoms with E-state index in [1.165, 1.54) is 154 Å². The summed E-state index contributed by atoms with van der Waals surface area (Å²) in [5, 5.41) is 0. The second kappa shape index (κ2) is 21.0. The van der Waals surface area contributed by atoms with E-state index in [4.69, 9.17) is 34.8 Å². The van der Waals surface area contributed by atoms with Crippen molar-refractivity contribution in [2.75, 3.05) is 17.6 Å². The molecule has 0 N–H and O–H groups in total. The van der Waals surface area contributed by atoms with E-state index in [0.29, 0.717) is 13.6 Å². The lowest BCUT2D eigenvalue weighted by atomic mass is 10.1. The maximum absolute atomic E-state index is 5.97. The molecule has 0 aliphatic carbocycles. The van der Waals surface area contributed by atoms with E-state index in [1.807, 2.05) is 0 Å². The van der Waals surface area contributed by atoms with Crippen LogP contribution in [0.2, 0.25) is 0 Å². The third-order valence-electron chi connectivity index (χ3n) is 8.30. The SMILES string of the molecule is CCCCCCCC12SC3(CCCCCCCCl)SC(CCCCCCCCl)(S1)SC(CCCCCCCCl)(S2)S3. The van der Waals surface area contributed by atoms with Gasteiger partial charge in [0.15, 0.2) is 0 Å². The highest BCUT2D eigenvalue weighted by Gasteiger charge is 2.71.